The number of allylic oxidation sites excluding steroid dienone is 4. The van der Waals surface area contributed by atoms with Crippen LogP contribution in [0.3, 0.4) is 0 Å². The van der Waals surface area contributed by atoms with E-state index in [0.29, 0.717) is 5.92 Å². The van der Waals surface area contributed by atoms with E-state index in [2.05, 4.69) is 127 Å². The minimum absolute atomic E-state index is 0.598. The summed E-state index contributed by atoms with van der Waals surface area (Å²) in [4.78, 5) is 2.35. The molecule has 1 heteroatoms. The Bertz CT molecular complexity index is 1210. The molecule has 1 atom stereocenters. The van der Waals surface area contributed by atoms with Crippen LogP contribution in [0.2, 0.25) is 0 Å². The van der Waals surface area contributed by atoms with Gasteiger partial charge in [0.1, 0.15) is 0 Å². The molecule has 0 N–H and O–H groups in total. The summed E-state index contributed by atoms with van der Waals surface area (Å²) in [5.74, 6) is 0.598. The lowest BCUT2D eigenvalue weighted by atomic mass is 9.93. The summed E-state index contributed by atoms with van der Waals surface area (Å²) in [5, 5.41) is 2.50. The van der Waals surface area contributed by atoms with Crippen LogP contribution in [0.25, 0.3) is 16.3 Å². The highest BCUT2D eigenvalue weighted by atomic mass is 15.1. The van der Waals surface area contributed by atoms with Gasteiger partial charge in [-0.15, -0.1) is 0 Å². The van der Waals surface area contributed by atoms with Crippen LogP contribution in [-0.2, 0) is 0 Å². The first-order valence-corrected chi connectivity index (χ1v) is 10.6. The normalized spacial score (nSPS) is 15.8. The number of para-hydroxylation sites is 1. The van der Waals surface area contributed by atoms with Crippen molar-refractivity contribution in [1.29, 1.82) is 0 Å². The van der Waals surface area contributed by atoms with E-state index in [9.17, 15) is 0 Å². The van der Waals surface area contributed by atoms with Crippen molar-refractivity contribution in [2.24, 2.45) is 5.92 Å². The van der Waals surface area contributed by atoms with Gasteiger partial charge in [0.25, 0.3) is 0 Å². The average molecular weight is 388 g/mol. The lowest BCUT2D eigenvalue weighted by Gasteiger charge is -2.27. The zero-order valence-electron chi connectivity index (χ0n) is 17.2. The quantitative estimate of drug-likeness (QED) is 0.340. The largest absolute Gasteiger partial charge is 0.310 e. The van der Waals surface area contributed by atoms with Gasteiger partial charge in [0.15, 0.2) is 0 Å². The van der Waals surface area contributed by atoms with Gasteiger partial charge >= 0.3 is 0 Å². The van der Waals surface area contributed by atoms with Crippen molar-refractivity contribution in [3.8, 4) is 0 Å². The van der Waals surface area contributed by atoms with Gasteiger partial charge in [-0.05, 0) is 59.2 Å². The number of anilines is 3. The van der Waals surface area contributed by atoms with Crippen LogP contribution < -0.4 is 4.90 Å². The van der Waals surface area contributed by atoms with Crippen LogP contribution in [0.15, 0.2) is 115 Å². The smallest absolute Gasteiger partial charge is 0.0540 e. The van der Waals surface area contributed by atoms with Crippen LogP contribution in [0, 0.1) is 5.92 Å². The summed E-state index contributed by atoms with van der Waals surface area (Å²) >= 11 is 0. The zero-order valence-corrected chi connectivity index (χ0v) is 17.2. The van der Waals surface area contributed by atoms with Crippen LogP contribution in [0.4, 0.5) is 17.1 Å². The second-order valence-corrected chi connectivity index (χ2v) is 7.95. The predicted molar refractivity (Wildman–Crippen MR) is 130 cm³/mol. The zero-order chi connectivity index (χ0) is 20.3. The van der Waals surface area contributed by atoms with Crippen molar-refractivity contribution >= 4 is 33.4 Å². The Hall–Kier alpha value is -3.58. The molecule has 0 spiro atoms. The third-order valence-corrected chi connectivity index (χ3v) is 5.75. The number of fused-ring (bicyclic) bond motifs is 1. The molecule has 5 rings (SSSR count). The molecular weight excluding hydrogens is 362 g/mol. The Morgan fingerprint density at radius 2 is 1.40 bits per heavy atom. The molecule has 0 radical (unpaired) electrons. The van der Waals surface area contributed by atoms with Gasteiger partial charge in [0, 0.05) is 16.8 Å². The fraction of sp³-hybridized carbons (Fsp3) is 0.103. The SMILES string of the molecule is CC1C=C(c2ccc(N(c3ccccc3)c3cccc4ccccc34)cc2)C=CC1. The van der Waals surface area contributed by atoms with Crippen molar-refractivity contribution in [2.75, 3.05) is 4.90 Å². The lowest BCUT2D eigenvalue weighted by molar-refractivity contribution is 0.740. The molecule has 4 aromatic rings. The van der Waals surface area contributed by atoms with E-state index in [1.54, 1.807) is 0 Å². The fourth-order valence-electron chi connectivity index (χ4n) is 4.24. The summed E-state index contributed by atoms with van der Waals surface area (Å²) in [5.41, 5.74) is 6.10. The van der Waals surface area contributed by atoms with Crippen molar-refractivity contribution < 1.29 is 0 Å². The molecule has 0 amide bonds. The van der Waals surface area contributed by atoms with Crippen molar-refractivity contribution in [1.82, 2.24) is 0 Å². The third-order valence-electron chi connectivity index (χ3n) is 5.75. The van der Waals surface area contributed by atoms with Gasteiger partial charge in [-0.3, -0.25) is 0 Å². The highest BCUT2D eigenvalue weighted by Crippen LogP contribution is 2.39. The molecule has 0 fully saturated rings. The first-order chi connectivity index (χ1) is 14.8. The fourth-order valence-corrected chi connectivity index (χ4v) is 4.24. The number of nitrogens with zero attached hydrogens (tertiary/aromatic N) is 1. The van der Waals surface area contributed by atoms with Crippen LogP contribution in [0.1, 0.15) is 18.9 Å². The van der Waals surface area contributed by atoms with Crippen molar-refractivity contribution in [3.63, 3.8) is 0 Å². The molecule has 1 unspecified atom stereocenters. The standard InChI is InChI=1S/C29H25N/c1-22-9-7-12-25(21-22)23-17-19-27(20-18-23)30(26-13-3-2-4-14-26)29-16-8-11-24-10-5-6-15-28(24)29/h2-8,10-22H,9H2,1H3. The van der Waals surface area contributed by atoms with Gasteiger partial charge in [-0.2, -0.15) is 0 Å². The topological polar surface area (TPSA) is 3.24 Å². The van der Waals surface area contributed by atoms with E-state index in [0.717, 1.165) is 17.8 Å². The average Bonchev–Trinajstić information content (AvgIpc) is 2.81. The van der Waals surface area contributed by atoms with E-state index in [4.69, 9.17) is 0 Å². The first kappa shape index (κ1) is 18.4. The maximum atomic E-state index is 2.37. The summed E-state index contributed by atoms with van der Waals surface area (Å²) in [6.07, 6.45) is 8.02. The molecule has 0 aromatic heterocycles. The second-order valence-electron chi connectivity index (χ2n) is 7.95. The van der Waals surface area contributed by atoms with Gasteiger partial charge < -0.3 is 4.90 Å². The lowest BCUT2D eigenvalue weighted by Crippen LogP contribution is -2.10. The predicted octanol–water partition coefficient (Wildman–Crippen LogP) is 8.29. The molecule has 30 heavy (non-hydrogen) atoms. The van der Waals surface area contributed by atoms with Crippen molar-refractivity contribution in [2.45, 2.75) is 13.3 Å². The maximum absolute atomic E-state index is 2.37. The Morgan fingerprint density at radius 1 is 0.700 bits per heavy atom. The Kier molecular flexibility index (Phi) is 4.94. The number of hydrogen-bond donors (Lipinski definition) is 0. The van der Waals surface area contributed by atoms with E-state index in [1.807, 2.05) is 0 Å². The summed E-state index contributed by atoms with van der Waals surface area (Å²) in [6, 6.07) is 34.7. The van der Waals surface area contributed by atoms with E-state index in [-0.39, 0.29) is 0 Å². The van der Waals surface area contributed by atoms with Gasteiger partial charge in [-0.1, -0.05) is 91.9 Å². The first-order valence-electron chi connectivity index (χ1n) is 10.6. The molecular formula is C29H25N. The summed E-state index contributed by atoms with van der Waals surface area (Å²) in [7, 11) is 0. The molecule has 1 aliphatic carbocycles. The van der Waals surface area contributed by atoms with Crippen LogP contribution >= 0.6 is 0 Å². The van der Waals surface area contributed by atoms with Crippen LogP contribution in [0.5, 0.6) is 0 Å². The highest BCUT2D eigenvalue weighted by Gasteiger charge is 2.15. The molecule has 0 heterocycles. The number of rotatable bonds is 4. The number of hydrogen-bond acceptors (Lipinski definition) is 1. The number of benzene rings is 4. The Labute approximate surface area is 178 Å². The van der Waals surface area contributed by atoms with Crippen molar-refractivity contribution in [3.05, 3.63) is 121 Å². The minimum atomic E-state index is 0.598. The molecule has 1 aliphatic rings. The molecule has 0 bridgehead atoms. The molecule has 1 nitrogen and oxygen atoms in total. The highest BCUT2D eigenvalue weighted by molar-refractivity contribution is 5.98. The Morgan fingerprint density at radius 3 is 2.20 bits per heavy atom. The molecule has 146 valence electrons. The third kappa shape index (κ3) is 3.55. The van der Waals surface area contributed by atoms with E-state index in [1.165, 1.54) is 27.6 Å². The van der Waals surface area contributed by atoms with E-state index >= 15 is 0 Å². The molecule has 0 saturated carbocycles. The summed E-state index contributed by atoms with van der Waals surface area (Å²) < 4.78 is 0. The minimum Gasteiger partial charge on any atom is -0.310 e. The molecule has 4 aromatic carbocycles. The van der Waals surface area contributed by atoms with E-state index < -0.39 is 0 Å². The van der Waals surface area contributed by atoms with Gasteiger partial charge in [0.2, 0.25) is 0 Å². The summed E-state index contributed by atoms with van der Waals surface area (Å²) in [6.45, 7) is 2.27. The second kappa shape index (κ2) is 8.04. The maximum Gasteiger partial charge on any atom is 0.0540 e. The van der Waals surface area contributed by atoms with Gasteiger partial charge in [0.05, 0.1) is 5.69 Å². The monoisotopic (exact) mass is 387 g/mol. The Balaban J connectivity index is 1.62. The van der Waals surface area contributed by atoms with Crippen LogP contribution in [-0.4, -0.2) is 0 Å². The van der Waals surface area contributed by atoms with Gasteiger partial charge in [-0.25, -0.2) is 0 Å². The molecule has 0 aliphatic heterocycles. The molecule has 0 saturated heterocycles.